The van der Waals surface area contributed by atoms with Gasteiger partial charge in [0.2, 0.25) is 11.8 Å². The topological polar surface area (TPSA) is 58.4 Å². The summed E-state index contributed by atoms with van der Waals surface area (Å²) >= 11 is 0. The van der Waals surface area contributed by atoms with Crippen LogP contribution in [0.25, 0.3) is 0 Å². The van der Waals surface area contributed by atoms with Gasteiger partial charge in [-0.05, 0) is 30.5 Å². The van der Waals surface area contributed by atoms with E-state index in [2.05, 4.69) is 18.8 Å². The molecule has 1 aromatic heterocycles. The quantitative estimate of drug-likeness (QED) is 0.794. The number of hydrogen-bond donors (Lipinski definition) is 0. The van der Waals surface area contributed by atoms with Crippen molar-refractivity contribution >= 4 is 11.8 Å². The Morgan fingerprint density at radius 2 is 2.00 bits per heavy atom. The summed E-state index contributed by atoms with van der Waals surface area (Å²) in [5.41, 5.74) is 0.884. The van der Waals surface area contributed by atoms with Crippen LogP contribution in [0.1, 0.15) is 31.7 Å². The molecule has 2 aromatic rings. The molecule has 1 unspecified atom stereocenters. The molecule has 0 N–H and O–H groups in total. The molecule has 0 bridgehead atoms. The molecule has 6 nitrogen and oxygen atoms in total. The lowest BCUT2D eigenvalue weighted by Crippen LogP contribution is -2.47. The maximum absolute atomic E-state index is 13.2. The second-order valence-electron chi connectivity index (χ2n) is 7.65. The van der Waals surface area contributed by atoms with Crippen LogP contribution in [0.4, 0.5) is 4.39 Å². The second-order valence-corrected chi connectivity index (χ2v) is 7.65. The predicted octanol–water partition coefficient (Wildman–Crippen LogP) is 2.62. The zero-order valence-electron chi connectivity index (χ0n) is 16.6. The first-order valence-corrected chi connectivity index (χ1v) is 9.64. The Morgan fingerprint density at radius 3 is 2.61 bits per heavy atom. The van der Waals surface area contributed by atoms with Crippen molar-refractivity contribution in [2.45, 2.75) is 46.3 Å². The fourth-order valence-electron chi connectivity index (χ4n) is 3.58. The number of aromatic nitrogens is 2. The van der Waals surface area contributed by atoms with Gasteiger partial charge in [-0.25, -0.2) is 9.37 Å². The Labute approximate surface area is 165 Å². The lowest BCUT2D eigenvalue weighted by Gasteiger charge is -2.35. The SMILES string of the molecule is Cc1nccn1CC(=O)N1CCC(=O)N(Cc2ccc(F)cc2)C(C(C)C)C1. The second kappa shape index (κ2) is 8.54. The van der Waals surface area contributed by atoms with Crippen molar-refractivity contribution in [2.24, 2.45) is 5.92 Å². The predicted molar refractivity (Wildman–Crippen MR) is 104 cm³/mol. The van der Waals surface area contributed by atoms with E-state index in [1.165, 1.54) is 12.1 Å². The fraction of sp³-hybridized carbons (Fsp3) is 0.476. The number of halogens is 1. The third-order valence-electron chi connectivity index (χ3n) is 5.34. The van der Waals surface area contributed by atoms with E-state index in [1.54, 1.807) is 29.4 Å². The molecule has 1 saturated heterocycles. The smallest absolute Gasteiger partial charge is 0.242 e. The molecule has 1 fully saturated rings. The van der Waals surface area contributed by atoms with E-state index in [4.69, 9.17) is 0 Å². The number of rotatable bonds is 5. The van der Waals surface area contributed by atoms with Crippen LogP contribution in [0, 0.1) is 18.7 Å². The standard InChI is InChI=1S/C21H27FN4O2/c1-15(2)19-13-25(21(28)14-24-11-9-23-16(24)3)10-8-20(27)26(19)12-17-4-6-18(22)7-5-17/h4-7,9,11,15,19H,8,10,12-14H2,1-3H3. The van der Waals surface area contributed by atoms with Crippen LogP contribution in [0.3, 0.4) is 0 Å². The summed E-state index contributed by atoms with van der Waals surface area (Å²) in [6.45, 7) is 7.53. The normalized spacial score (nSPS) is 17.9. The van der Waals surface area contributed by atoms with Gasteiger partial charge in [-0.15, -0.1) is 0 Å². The minimum absolute atomic E-state index is 0.0109. The van der Waals surface area contributed by atoms with Gasteiger partial charge in [-0.1, -0.05) is 26.0 Å². The molecule has 28 heavy (non-hydrogen) atoms. The summed E-state index contributed by atoms with van der Waals surface area (Å²) in [4.78, 5) is 33.5. The van der Waals surface area contributed by atoms with Crippen LogP contribution in [-0.2, 0) is 22.7 Å². The largest absolute Gasteiger partial charge is 0.339 e. The van der Waals surface area contributed by atoms with Crippen LogP contribution in [0.2, 0.25) is 0 Å². The lowest BCUT2D eigenvalue weighted by atomic mass is 10.0. The van der Waals surface area contributed by atoms with E-state index in [9.17, 15) is 14.0 Å². The van der Waals surface area contributed by atoms with E-state index in [-0.39, 0.29) is 36.1 Å². The van der Waals surface area contributed by atoms with Gasteiger partial charge in [0.25, 0.3) is 0 Å². The van der Waals surface area contributed by atoms with E-state index >= 15 is 0 Å². The number of imidazole rings is 1. The van der Waals surface area contributed by atoms with Gasteiger partial charge in [0, 0.05) is 38.4 Å². The molecule has 1 aromatic carbocycles. The molecular weight excluding hydrogens is 359 g/mol. The minimum atomic E-state index is -0.294. The number of hydrogen-bond acceptors (Lipinski definition) is 3. The highest BCUT2D eigenvalue weighted by Crippen LogP contribution is 2.21. The van der Waals surface area contributed by atoms with Crippen LogP contribution in [0.15, 0.2) is 36.7 Å². The molecular formula is C21H27FN4O2. The summed E-state index contributed by atoms with van der Waals surface area (Å²) in [6, 6.07) is 6.13. The van der Waals surface area contributed by atoms with E-state index < -0.39 is 0 Å². The van der Waals surface area contributed by atoms with Crippen molar-refractivity contribution in [3.8, 4) is 0 Å². The summed E-state index contributed by atoms with van der Waals surface area (Å²) in [5.74, 6) is 0.698. The van der Waals surface area contributed by atoms with E-state index in [1.807, 2.05) is 16.4 Å². The molecule has 3 rings (SSSR count). The van der Waals surface area contributed by atoms with E-state index in [0.717, 1.165) is 11.4 Å². The first-order valence-electron chi connectivity index (χ1n) is 9.64. The van der Waals surface area contributed by atoms with Gasteiger partial charge >= 0.3 is 0 Å². The Balaban J connectivity index is 1.76. The van der Waals surface area contributed by atoms with Crippen molar-refractivity contribution < 1.29 is 14.0 Å². The molecule has 0 saturated carbocycles. The van der Waals surface area contributed by atoms with Gasteiger partial charge < -0.3 is 14.4 Å². The Hall–Kier alpha value is -2.70. The molecule has 2 amide bonds. The Morgan fingerprint density at radius 1 is 1.29 bits per heavy atom. The zero-order chi connectivity index (χ0) is 20.3. The minimum Gasteiger partial charge on any atom is -0.339 e. The van der Waals surface area contributed by atoms with Gasteiger partial charge in [-0.2, -0.15) is 0 Å². The van der Waals surface area contributed by atoms with Gasteiger partial charge in [-0.3, -0.25) is 9.59 Å². The first-order chi connectivity index (χ1) is 13.3. The van der Waals surface area contributed by atoms with E-state index in [0.29, 0.717) is 26.1 Å². The van der Waals surface area contributed by atoms with Crippen molar-refractivity contribution in [1.29, 1.82) is 0 Å². The Kier molecular flexibility index (Phi) is 6.11. The van der Waals surface area contributed by atoms with Crippen molar-refractivity contribution in [2.75, 3.05) is 13.1 Å². The molecule has 0 aliphatic carbocycles. The average Bonchev–Trinajstić information content (AvgIpc) is 2.97. The fourth-order valence-corrected chi connectivity index (χ4v) is 3.58. The van der Waals surface area contributed by atoms with Gasteiger partial charge in [0.05, 0.1) is 6.04 Å². The summed E-state index contributed by atoms with van der Waals surface area (Å²) < 4.78 is 15.0. The number of benzene rings is 1. The summed E-state index contributed by atoms with van der Waals surface area (Å²) in [5, 5.41) is 0. The number of amides is 2. The van der Waals surface area contributed by atoms with Crippen LogP contribution in [0.5, 0.6) is 0 Å². The zero-order valence-corrected chi connectivity index (χ0v) is 16.6. The molecule has 1 aliphatic rings. The van der Waals surface area contributed by atoms with Gasteiger partial charge in [0.1, 0.15) is 18.2 Å². The van der Waals surface area contributed by atoms with Gasteiger partial charge in [0.15, 0.2) is 0 Å². The Bertz CT molecular complexity index is 831. The third-order valence-corrected chi connectivity index (χ3v) is 5.34. The molecule has 0 spiro atoms. The number of aryl methyl sites for hydroxylation is 1. The number of carbonyl (C=O) groups excluding carboxylic acids is 2. The molecule has 1 atom stereocenters. The highest BCUT2D eigenvalue weighted by Gasteiger charge is 2.33. The average molecular weight is 386 g/mol. The molecule has 150 valence electrons. The maximum Gasteiger partial charge on any atom is 0.242 e. The number of carbonyl (C=O) groups is 2. The van der Waals surface area contributed by atoms with Crippen LogP contribution in [-0.4, -0.2) is 50.3 Å². The molecule has 2 heterocycles. The first kappa shape index (κ1) is 20.0. The maximum atomic E-state index is 13.2. The highest BCUT2D eigenvalue weighted by molar-refractivity contribution is 5.80. The lowest BCUT2D eigenvalue weighted by molar-refractivity contribution is -0.134. The van der Waals surface area contributed by atoms with Crippen molar-refractivity contribution in [3.63, 3.8) is 0 Å². The molecule has 0 radical (unpaired) electrons. The van der Waals surface area contributed by atoms with Crippen molar-refractivity contribution in [1.82, 2.24) is 19.4 Å². The van der Waals surface area contributed by atoms with Crippen LogP contribution < -0.4 is 0 Å². The molecule has 7 heteroatoms. The summed E-state index contributed by atoms with van der Waals surface area (Å²) in [6.07, 6.45) is 3.76. The van der Waals surface area contributed by atoms with Crippen molar-refractivity contribution in [3.05, 3.63) is 53.9 Å². The summed E-state index contributed by atoms with van der Waals surface area (Å²) in [7, 11) is 0. The number of nitrogens with zero attached hydrogens (tertiary/aromatic N) is 4. The monoisotopic (exact) mass is 386 g/mol. The molecule has 1 aliphatic heterocycles. The third kappa shape index (κ3) is 4.58. The van der Waals surface area contributed by atoms with Crippen LogP contribution >= 0.6 is 0 Å². The highest BCUT2D eigenvalue weighted by atomic mass is 19.1.